The second-order valence-corrected chi connectivity index (χ2v) is 27.2. The standard InChI is InChI=1S/C5H12Cl2N2.C5H12ClN2.C4H9F3O3SSi.C3H9ClSi.CHF3O3S/c1-8(2)5(6,7)9(3)4;1-7(2)5(6)8(3)4;1-12(2,3)10-11(8,9)4(5,6)7;1-5(2,3)4;2-1(3,4)8(5,6)7/h1-4H3;1-4H3;1-3H3;1-3H3;(H,5,6,7)/q;+1;;;/p-1. The molecule has 0 heterocycles. The molecule has 10 nitrogen and oxygen atoms in total. The Morgan fingerprint density at radius 3 is 1.02 bits per heavy atom. The highest BCUT2D eigenvalue weighted by Crippen LogP contribution is 2.27. The van der Waals surface area contributed by atoms with Gasteiger partial charge in [0.15, 0.2) is 10.1 Å². The first-order valence-corrected chi connectivity index (χ1v) is 22.8. The lowest BCUT2D eigenvalue weighted by molar-refractivity contribution is -0.466. The van der Waals surface area contributed by atoms with Gasteiger partial charge in [-0.15, -0.1) is 0 Å². The Bertz CT molecular complexity index is 999. The smallest absolute Gasteiger partial charge is 0.522 e. The molecule has 24 heteroatoms. The summed E-state index contributed by atoms with van der Waals surface area (Å²) in [6, 6.07) is 0. The van der Waals surface area contributed by atoms with Gasteiger partial charge in [-0.05, 0) is 47.8 Å². The van der Waals surface area contributed by atoms with Crippen molar-refractivity contribution in [2.75, 3.05) is 56.4 Å². The van der Waals surface area contributed by atoms with Crippen molar-refractivity contribution in [1.29, 1.82) is 0 Å². The zero-order valence-corrected chi connectivity index (χ0v) is 32.5. The van der Waals surface area contributed by atoms with Gasteiger partial charge in [0, 0.05) is 11.6 Å². The maximum Gasteiger partial charge on any atom is 0.522 e. The van der Waals surface area contributed by atoms with Gasteiger partial charge >= 0.3 is 26.4 Å². The van der Waals surface area contributed by atoms with Crippen LogP contribution in [-0.2, 0) is 24.1 Å². The van der Waals surface area contributed by atoms with E-state index in [4.69, 9.17) is 58.9 Å². The average Bonchev–Trinajstić information content (AvgIpc) is 2.62. The number of amidine groups is 1. The number of hydrogen-bond donors (Lipinski definition) is 0. The average molecular weight is 787 g/mol. The molecule has 0 bridgehead atoms. The summed E-state index contributed by atoms with van der Waals surface area (Å²) >= 11 is 23.0. The van der Waals surface area contributed by atoms with Gasteiger partial charge in [-0.2, -0.15) is 45.8 Å². The zero-order chi connectivity index (χ0) is 36.1. The first-order chi connectivity index (χ1) is 17.6. The number of rotatable bonds is 4. The molecule has 0 aromatic rings. The van der Waals surface area contributed by atoms with E-state index >= 15 is 0 Å². The van der Waals surface area contributed by atoms with Crippen molar-refractivity contribution in [3.05, 3.63) is 0 Å². The van der Waals surface area contributed by atoms with Crippen LogP contribution in [0.25, 0.3) is 0 Å². The molecule has 260 valence electrons. The van der Waals surface area contributed by atoms with E-state index in [9.17, 15) is 34.8 Å². The van der Waals surface area contributed by atoms with Crippen molar-refractivity contribution < 1.29 is 56.2 Å². The van der Waals surface area contributed by atoms with E-state index in [1.807, 2.05) is 65.9 Å². The lowest BCUT2D eigenvalue weighted by Gasteiger charge is -2.33. The Morgan fingerprint density at radius 1 is 0.762 bits per heavy atom. The van der Waals surface area contributed by atoms with Crippen LogP contribution < -0.4 is 0 Å². The molecule has 0 radical (unpaired) electrons. The van der Waals surface area contributed by atoms with Crippen LogP contribution in [0.15, 0.2) is 0 Å². The highest BCUT2D eigenvalue weighted by molar-refractivity contribution is 7.88. The van der Waals surface area contributed by atoms with Crippen molar-refractivity contribution in [3.8, 4) is 0 Å². The normalized spacial score (nSPS) is 12.8. The van der Waals surface area contributed by atoms with Crippen molar-refractivity contribution in [3.63, 3.8) is 0 Å². The zero-order valence-electron chi connectivity index (χ0n) is 25.8. The minimum absolute atomic E-state index is 0.741. The molecule has 0 aromatic heterocycles. The van der Waals surface area contributed by atoms with Gasteiger partial charge in [0.25, 0.3) is 0 Å². The molecule has 0 aliphatic heterocycles. The molecule has 0 saturated heterocycles. The fraction of sp³-hybridized carbons (Fsp3) is 0.944. The Kier molecular flexibility index (Phi) is 24.5. The second-order valence-electron chi connectivity index (χ2n) is 10.4. The summed E-state index contributed by atoms with van der Waals surface area (Å²) in [4.78, 5) is 5.29. The van der Waals surface area contributed by atoms with Gasteiger partial charge in [-0.1, -0.05) is 42.8 Å². The summed E-state index contributed by atoms with van der Waals surface area (Å²) in [5.74, 6) is 0. The number of hydrogen-bond acceptors (Lipinski definition) is 8. The largest absolute Gasteiger partial charge is 0.741 e. The predicted octanol–water partition coefficient (Wildman–Crippen LogP) is 5.41. The Labute approximate surface area is 268 Å². The summed E-state index contributed by atoms with van der Waals surface area (Å²) in [6.45, 7) is 10.3. The van der Waals surface area contributed by atoms with Crippen molar-refractivity contribution in [2.24, 2.45) is 0 Å². The number of nitrogens with zero attached hydrogens (tertiary/aromatic N) is 4. The minimum Gasteiger partial charge on any atom is -0.741 e. The molecule has 0 N–H and O–H groups in total. The highest BCUT2D eigenvalue weighted by Gasteiger charge is 2.49. The number of halogens is 10. The highest BCUT2D eigenvalue weighted by atomic mass is 35.6. The molecule has 0 fully saturated rings. The van der Waals surface area contributed by atoms with Crippen LogP contribution in [0.3, 0.4) is 0 Å². The van der Waals surface area contributed by atoms with Crippen LogP contribution in [0.1, 0.15) is 0 Å². The quantitative estimate of drug-likeness (QED) is 0.0316. The molecule has 0 aliphatic rings. The third-order valence-corrected chi connectivity index (χ3v) is 8.78. The van der Waals surface area contributed by atoms with E-state index in [1.165, 1.54) is 19.6 Å². The maximum atomic E-state index is 11.7. The van der Waals surface area contributed by atoms with Crippen LogP contribution in [0.5, 0.6) is 0 Å². The Hall–Kier alpha value is 0.384. The predicted molar refractivity (Wildman–Crippen MR) is 163 cm³/mol. The summed E-state index contributed by atoms with van der Waals surface area (Å²) in [5, 5.41) is 0.741. The first-order valence-electron chi connectivity index (χ1n) is 11.0. The Morgan fingerprint density at radius 2 is 1.00 bits per heavy atom. The van der Waals surface area contributed by atoms with Gasteiger partial charge in [0.2, 0.25) is 12.9 Å². The molecular formula is C18H42Cl4F6N4O6S2Si2. The minimum atomic E-state index is -6.09. The van der Waals surface area contributed by atoms with Crippen LogP contribution in [-0.4, -0.2) is 134 Å². The molecular weight excluding hydrogens is 744 g/mol. The molecule has 0 aliphatic carbocycles. The lowest BCUT2D eigenvalue weighted by Crippen LogP contribution is -2.45. The van der Waals surface area contributed by atoms with Gasteiger partial charge in [-0.25, -0.2) is 8.42 Å². The third kappa shape index (κ3) is 31.8. The monoisotopic (exact) mass is 784 g/mol. The second kappa shape index (κ2) is 19.8. The fourth-order valence-electron chi connectivity index (χ4n) is 1.18. The molecule has 0 spiro atoms. The third-order valence-electron chi connectivity index (χ3n) is 2.74. The van der Waals surface area contributed by atoms with Crippen LogP contribution >= 0.6 is 45.9 Å². The SMILES string of the molecule is CN(C)C(Cl)(Cl)N(C)C.CN(C)C(Cl)=[N+](C)C.C[Si](C)(C)Cl.C[Si](C)(C)OS(=O)(=O)C(F)(F)F.O=S(=O)([O-])C(F)(F)F. The molecule has 0 amide bonds. The van der Waals surface area contributed by atoms with Gasteiger partial charge < -0.3 is 8.42 Å². The summed E-state index contributed by atoms with van der Waals surface area (Å²) < 4.78 is 120. The van der Waals surface area contributed by atoms with Crippen molar-refractivity contribution in [2.45, 2.75) is 54.9 Å². The van der Waals surface area contributed by atoms with E-state index in [0.717, 1.165) is 5.29 Å². The Balaban J connectivity index is -0.000000139. The molecule has 0 atom stereocenters. The molecule has 0 aromatic carbocycles. The van der Waals surface area contributed by atoms with E-state index in [2.05, 4.69) is 23.5 Å². The molecule has 42 heavy (non-hydrogen) atoms. The van der Waals surface area contributed by atoms with Crippen LogP contribution in [0.4, 0.5) is 26.3 Å². The van der Waals surface area contributed by atoms with Crippen LogP contribution in [0, 0.1) is 0 Å². The number of alkyl halides is 8. The molecule has 0 rings (SSSR count). The summed E-state index contributed by atoms with van der Waals surface area (Å²) in [7, 11) is -0.435. The van der Waals surface area contributed by atoms with E-state index in [1.54, 1.807) is 9.80 Å². The fourth-order valence-corrected chi connectivity index (χ4v) is 4.19. The van der Waals surface area contributed by atoms with Gasteiger partial charge in [-0.3, -0.25) is 19.3 Å². The maximum absolute atomic E-state index is 11.7. The van der Waals surface area contributed by atoms with Gasteiger partial charge in [0.1, 0.15) is 7.38 Å². The summed E-state index contributed by atoms with van der Waals surface area (Å²) in [6.07, 6.45) is 0. The van der Waals surface area contributed by atoms with E-state index < -0.39 is 51.5 Å². The van der Waals surface area contributed by atoms with Crippen LogP contribution in [0.2, 0.25) is 39.3 Å². The topological polar surface area (TPSA) is 113 Å². The summed E-state index contributed by atoms with van der Waals surface area (Å²) in [5.41, 5.74) is -11.0. The van der Waals surface area contributed by atoms with E-state index in [0.29, 0.717) is 0 Å². The first kappa shape index (κ1) is 51.9. The van der Waals surface area contributed by atoms with E-state index in [-0.39, 0.29) is 0 Å². The molecule has 0 unspecified atom stereocenters. The molecule has 0 saturated carbocycles. The van der Waals surface area contributed by atoms with Crippen molar-refractivity contribution in [1.82, 2.24) is 14.7 Å². The van der Waals surface area contributed by atoms with Crippen molar-refractivity contribution >= 4 is 87.1 Å². The lowest BCUT2D eigenvalue weighted by atomic mass is 10.7. The van der Waals surface area contributed by atoms with Gasteiger partial charge in [0.05, 0.1) is 28.2 Å².